The summed E-state index contributed by atoms with van der Waals surface area (Å²) in [6.45, 7) is 13.0. The third-order valence-electron chi connectivity index (χ3n) is 6.14. The van der Waals surface area contributed by atoms with Crippen molar-refractivity contribution in [2.24, 2.45) is 5.73 Å². The first-order valence-corrected chi connectivity index (χ1v) is 14.6. The summed E-state index contributed by atoms with van der Waals surface area (Å²) >= 11 is 0. The van der Waals surface area contributed by atoms with Gasteiger partial charge in [-0.1, -0.05) is 63.5 Å². The molecule has 4 N–H and O–H groups in total. The molecule has 2 unspecified atom stereocenters. The molecule has 0 fully saturated rings. The van der Waals surface area contributed by atoms with Gasteiger partial charge in [-0.25, -0.2) is 4.79 Å². The van der Waals surface area contributed by atoms with Gasteiger partial charge in [0.05, 0.1) is 19.4 Å². The van der Waals surface area contributed by atoms with Gasteiger partial charge in [0.25, 0.3) is 0 Å². The number of alkyl carbamates (subject to hydrolysis) is 1. The molecule has 4 amide bonds. The van der Waals surface area contributed by atoms with Crippen molar-refractivity contribution in [3.05, 3.63) is 42.0 Å². The minimum absolute atomic E-state index is 0.00524. The minimum atomic E-state index is -1.37. The number of unbranched alkanes of at least 4 members (excludes halogenated alkanes) is 4. The lowest BCUT2D eigenvalue weighted by molar-refractivity contribution is -0.144. The predicted octanol–water partition coefficient (Wildman–Crippen LogP) is 4.01. The highest BCUT2D eigenvalue weighted by Gasteiger charge is 2.36. The quantitative estimate of drug-likeness (QED) is 0.173. The summed E-state index contributed by atoms with van der Waals surface area (Å²) in [7, 11) is 0. The number of primary amides is 1. The van der Waals surface area contributed by atoms with Crippen LogP contribution >= 0.6 is 0 Å². The summed E-state index contributed by atoms with van der Waals surface area (Å²) in [5, 5.41) is 5.22. The zero-order valence-electron chi connectivity index (χ0n) is 25.7. The van der Waals surface area contributed by atoms with Crippen LogP contribution in [0.5, 0.6) is 0 Å². The maximum absolute atomic E-state index is 14.1. The summed E-state index contributed by atoms with van der Waals surface area (Å²) in [5.41, 5.74) is 5.83. The topological polar surface area (TPSA) is 157 Å². The molecule has 0 bridgehead atoms. The molecule has 0 saturated carbocycles. The van der Waals surface area contributed by atoms with Crippen molar-refractivity contribution in [1.29, 1.82) is 0 Å². The lowest BCUT2D eigenvalue weighted by atomic mass is 9.99. The highest BCUT2D eigenvalue weighted by atomic mass is 16.6. The van der Waals surface area contributed by atoms with Crippen LogP contribution in [0.25, 0.3) is 6.08 Å². The molecule has 0 aliphatic carbocycles. The lowest BCUT2D eigenvalue weighted by Crippen LogP contribution is -2.54. The Balaban J connectivity index is 3.50. The van der Waals surface area contributed by atoms with Crippen LogP contribution in [0.3, 0.4) is 0 Å². The molecule has 42 heavy (non-hydrogen) atoms. The van der Waals surface area contributed by atoms with E-state index >= 15 is 0 Å². The Morgan fingerprint density at radius 1 is 1.07 bits per heavy atom. The highest BCUT2D eigenvalue weighted by molar-refractivity contribution is 5.94. The third kappa shape index (κ3) is 13.6. The van der Waals surface area contributed by atoms with Crippen molar-refractivity contribution in [2.45, 2.75) is 97.2 Å². The Morgan fingerprint density at radius 2 is 1.76 bits per heavy atom. The fourth-order valence-electron chi connectivity index (χ4n) is 4.25. The van der Waals surface area contributed by atoms with Crippen molar-refractivity contribution < 1.29 is 33.4 Å². The number of carbonyl (C=O) groups excluding carboxylic acids is 5. The average Bonchev–Trinajstić information content (AvgIpc) is 2.90. The molecule has 0 aromatic heterocycles. The van der Waals surface area contributed by atoms with Crippen LogP contribution in [-0.4, -0.2) is 66.0 Å². The molecule has 0 radical (unpaired) electrons. The van der Waals surface area contributed by atoms with Gasteiger partial charge in [-0.15, -0.1) is 0 Å². The van der Waals surface area contributed by atoms with Gasteiger partial charge in [0.1, 0.15) is 17.7 Å². The second-order valence-electron chi connectivity index (χ2n) is 10.9. The standard InChI is InChI=1S/C31H48N4O7/c1-7-10-11-12-13-19-35(29(39)24(21-25(32)36)34-30(40)42-31(4,5)6)27(23-16-14-15-22(8-2)20-23)28(38)33-18-17-26(37)41-9-3/h8,14-16,20,24,27H,2,7,9-13,17-19,21H2,1,3-6H3,(H2,32,36)(H,33,38)(H,34,40). The van der Waals surface area contributed by atoms with Gasteiger partial charge >= 0.3 is 12.1 Å². The van der Waals surface area contributed by atoms with E-state index in [1.54, 1.807) is 52.0 Å². The normalized spacial score (nSPS) is 12.4. The van der Waals surface area contributed by atoms with Crippen LogP contribution < -0.4 is 16.4 Å². The number of nitrogens with one attached hydrogen (secondary N) is 2. The van der Waals surface area contributed by atoms with Crippen LogP contribution in [-0.2, 0) is 28.7 Å². The predicted molar refractivity (Wildman–Crippen MR) is 161 cm³/mol. The van der Waals surface area contributed by atoms with Crippen LogP contribution in [0, 0.1) is 0 Å². The monoisotopic (exact) mass is 588 g/mol. The van der Waals surface area contributed by atoms with E-state index in [1.807, 2.05) is 6.07 Å². The fourth-order valence-corrected chi connectivity index (χ4v) is 4.25. The summed E-state index contributed by atoms with van der Waals surface area (Å²) < 4.78 is 10.3. The molecule has 1 aromatic carbocycles. The summed E-state index contributed by atoms with van der Waals surface area (Å²) in [6, 6.07) is 4.50. The zero-order chi connectivity index (χ0) is 31.7. The molecule has 2 atom stereocenters. The summed E-state index contributed by atoms with van der Waals surface area (Å²) in [4.78, 5) is 65.7. The first-order chi connectivity index (χ1) is 19.8. The van der Waals surface area contributed by atoms with Gasteiger partial charge in [-0.2, -0.15) is 0 Å². The van der Waals surface area contributed by atoms with Gasteiger partial charge in [-0.05, 0) is 51.3 Å². The molecule has 11 heteroatoms. The number of nitrogens with two attached hydrogens (primary N) is 1. The molecule has 0 aliphatic rings. The Labute approximate surface area is 249 Å². The largest absolute Gasteiger partial charge is 0.466 e. The van der Waals surface area contributed by atoms with Crippen molar-refractivity contribution in [3.63, 3.8) is 0 Å². The van der Waals surface area contributed by atoms with Crippen LogP contribution in [0.15, 0.2) is 30.8 Å². The second-order valence-corrected chi connectivity index (χ2v) is 10.9. The van der Waals surface area contributed by atoms with Gasteiger partial charge in [0.15, 0.2) is 0 Å². The number of ether oxygens (including phenoxy) is 2. The minimum Gasteiger partial charge on any atom is -0.466 e. The molecule has 0 aliphatic heterocycles. The first kappa shape index (κ1) is 36.1. The number of rotatable bonds is 18. The van der Waals surface area contributed by atoms with Crippen LogP contribution in [0.4, 0.5) is 4.79 Å². The Morgan fingerprint density at radius 3 is 2.36 bits per heavy atom. The SMILES string of the molecule is C=Cc1cccc(C(C(=O)NCCC(=O)OCC)N(CCCCCCC)C(=O)C(CC(N)=O)NC(=O)OC(C)(C)C)c1. The lowest BCUT2D eigenvalue weighted by Gasteiger charge is -2.34. The number of nitrogens with zero attached hydrogens (tertiary/aromatic N) is 1. The van der Waals surface area contributed by atoms with E-state index in [-0.39, 0.29) is 26.1 Å². The number of benzene rings is 1. The molecule has 0 heterocycles. The van der Waals surface area contributed by atoms with Gasteiger partial charge in [-0.3, -0.25) is 19.2 Å². The summed E-state index contributed by atoms with van der Waals surface area (Å²) in [6.07, 6.45) is 4.58. The Kier molecular flexibility index (Phi) is 15.9. The van der Waals surface area contributed by atoms with Crippen molar-refractivity contribution in [1.82, 2.24) is 15.5 Å². The van der Waals surface area contributed by atoms with Crippen LogP contribution in [0.1, 0.15) is 96.7 Å². The fraction of sp³-hybridized carbons (Fsp3) is 0.581. The highest BCUT2D eigenvalue weighted by Crippen LogP contribution is 2.25. The molecule has 1 aromatic rings. The maximum atomic E-state index is 14.1. The number of esters is 1. The van der Waals surface area contributed by atoms with Gasteiger partial charge in [0.2, 0.25) is 17.7 Å². The van der Waals surface area contributed by atoms with Crippen LogP contribution in [0.2, 0.25) is 0 Å². The number of hydrogen-bond donors (Lipinski definition) is 3. The van der Waals surface area contributed by atoms with E-state index in [1.165, 1.54) is 4.90 Å². The van der Waals surface area contributed by atoms with Crippen molar-refractivity contribution in [3.8, 4) is 0 Å². The molecule has 1 rings (SSSR count). The Hall–Kier alpha value is -3.89. The number of amides is 4. The van der Waals surface area contributed by atoms with Gasteiger partial charge < -0.3 is 30.7 Å². The average molecular weight is 589 g/mol. The molecule has 234 valence electrons. The van der Waals surface area contributed by atoms with E-state index in [4.69, 9.17) is 15.2 Å². The number of carbonyl (C=O) groups is 5. The van der Waals surface area contributed by atoms with E-state index in [0.717, 1.165) is 31.2 Å². The van der Waals surface area contributed by atoms with E-state index in [2.05, 4.69) is 24.1 Å². The maximum Gasteiger partial charge on any atom is 0.408 e. The van der Waals surface area contributed by atoms with E-state index < -0.39 is 53.9 Å². The van der Waals surface area contributed by atoms with Gasteiger partial charge in [0, 0.05) is 13.1 Å². The molecular formula is C31H48N4O7. The van der Waals surface area contributed by atoms with Crippen molar-refractivity contribution >= 4 is 35.9 Å². The molecule has 0 saturated heterocycles. The van der Waals surface area contributed by atoms with Crippen molar-refractivity contribution in [2.75, 3.05) is 19.7 Å². The third-order valence-corrected chi connectivity index (χ3v) is 6.14. The van der Waals surface area contributed by atoms with E-state index in [9.17, 15) is 24.0 Å². The number of hydrogen-bond acceptors (Lipinski definition) is 7. The first-order valence-electron chi connectivity index (χ1n) is 14.6. The summed E-state index contributed by atoms with van der Waals surface area (Å²) in [5.74, 6) is -2.46. The molecular weight excluding hydrogens is 540 g/mol. The molecule has 0 spiro atoms. The zero-order valence-corrected chi connectivity index (χ0v) is 25.7. The smallest absolute Gasteiger partial charge is 0.408 e. The molecule has 11 nitrogen and oxygen atoms in total. The second kappa shape index (κ2) is 18.5. The van der Waals surface area contributed by atoms with E-state index in [0.29, 0.717) is 12.0 Å². The Bertz CT molecular complexity index is 1070.